The van der Waals surface area contributed by atoms with Crippen molar-refractivity contribution in [2.24, 2.45) is 0 Å². The second kappa shape index (κ2) is 10.8. The molecule has 0 saturated carbocycles. The Labute approximate surface area is 228 Å². The molecule has 2 N–H and O–H groups in total. The van der Waals surface area contributed by atoms with E-state index in [1.165, 1.54) is 0 Å². The molecule has 1 amide bonds. The van der Waals surface area contributed by atoms with Gasteiger partial charge in [-0.3, -0.25) is 9.00 Å². The van der Waals surface area contributed by atoms with Crippen LogP contribution in [0.3, 0.4) is 0 Å². The molecule has 0 fully saturated rings. The molecule has 0 radical (unpaired) electrons. The monoisotopic (exact) mass is 541 g/mol. The summed E-state index contributed by atoms with van der Waals surface area (Å²) < 4.78 is 27.6. The van der Waals surface area contributed by atoms with Crippen LogP contribution in [-0.2, 0) is 17.3 Å². The topological polar surface area (TPSA) is 88.4 Å². The highest BCUT2D eigenvalue weighted by Gasteiger charge is 2.12. The average Bonchev–Trinajstić information content (AvgIpc) is 3.34. The van der Waals surface area contributed by atoms with E-state index in [4.69, 9.17) is 0 Å². The lowest BCUT2D eigenvalue weighted by Gasteiger charge is -2.11. The number of halogens is 1. The zero-order valence-corrected chi connectivity index (χ0v) is 22.9. The van der Waals surface area contributed by atoms with Crippen LogP contribution >= 0.6 is 0 Å². The molecule has 5 rings (SSSR count). The van der Waals surface area contributed by atoms with E-state index in [1.807, 2.05) is 61.7 Å². The number of rotatable bonds is 7. The van der Waals surface area contributed by atoms with Crippen LogP contribution in [0.5, 0.6) is 0 Å². The molecule has 2 aromatic heterocycles. The fourth-order valence-corrected chi connectivity index (χ4v) is 4.93. The van der Waals surface area contributed by atoms with E-state index >= 15 is 0 Å². The molecule has 7 nitrogen and oxygen atoms in total. The number of anilines is 2. The summed E-state index contributed by atoms with van der Waals surface area (Å²) in [6, 6.07) is 20.3. The third kappa shape index (κ3) is 5.58. The van der Waals surface area contributed by atoms with Gasteiger partial charge in [0.25, 0.3) is 5.91 Å². The average molecular weight is 542 g/mol. The Hall–Kier alpha value is -4.37. The highest BCUT2D eigenvalue weighted by atomic mass is 32.2. The molecule has 2 heterocycles. The van der Waals surface area contributed by atoms with Crippen molar-refractivity contribution in [3.8, 4) is 11.1 Å². The van der Waals surface area contributed by atoms with Crippen molar-refractivity contribution < 1.29 is 13.4 Å². The van der Waals surface area contributed by atoms with E-state index in [1.54, 1.807) is 42.8 Å². The molecule has 5 aromatic rings. The van der Waals surface area contributed by atoms with Crippen molar-refractivity contribution in [2.75, 3.05) is 11.6 Å². The van der Waals surface area contributed by atoms with Gasteiger partial charge in [0.1, 0.15) is 5.82 Å². The van der Waals surface area contributed by atoms with Gasteiger partial charge in [-0.15, -0.1) is 5.10 Å². The van der Waals surface area contributed by atoms with Crippen LogP contribution in [0.2, 0.25) is 0 Å². The molecule has 0 spiro atoms. The predicted molar refractivity (Wildman–Crippen MR) is 152 cm³/mol. The lowest BCUT2D eigenvalue weighted by atomic mass is 10.0. The number of carbonyl (C=O) groups excluding carboxylic acids is 1. The summed E-state index contributed by atoms with van der Waals surface area (Å²) in [4.78, 5) is 18.0. The van der Waals surface area contributed by atoms with E-state index in [-0.39, 0.29) is 18.3 Å². The number of aryl methyl sites for hydroxylation is 2. The summed E-state index contributed by atoms with van der Waals surface area (Å²) >= 11 is 0. The van der Waals surface area contributed by atoms with Crippen LogP contribution in [-0.4, -0.2) is 31.0 Å². The third-order valence-electron chi connectivity index (χ3n) is 6.72. The van der Waals surface area contributed by atoms with E-state index < -0.39 is 10.8 Å². The van der Waals surface area contributed by atoms with Gasteiger partial charge in [-0.25, -0.2) is 8.91 Å². The van der Waals surface area contributed by atoms with E-state index in [2.05, 4.69) is 20.7 Å². The maximum Gasteiger partial charge on any atom is 0.251 e. The Morgan fingerprint density at radius 3 is 2.41 bits per heavy atom. The lowest BCUT2D eigenvalue weighted by molar-refractivity contribution is 0.0951. The smallest absolute Gasteiger partial charge is 0.251 e. The molecule has 0 aliphatic rings. The molecule has 1 unspecified atom stereocenters. The van der Waals surface area contributed by atoms with Gasteiger partial charge in [-0.2, -0.15) is 4.98 Å². The maximum atomic E-state index is 14.2. The van der Waals surface area contributed by atoms with Crippen LogP contribution < -0.4 is 10.6 Å². The Kier molecular flexibility index (Phi) is 7.26. The van der Waals surface area contributed by atoms with Crippen molar-refractivity contribution in [3.63, 3.8) is 0 Å². The third-order valence-corrected chi connectivity index (χ3v) is 7.64. The first kappa shape index (κ1) is 26.2. The van der Waals surface area contributed by atoms with Gasteiger partial charge in [-0.05, 0) is 91.1 Å². The highest BCUT2D eigenvalue weighted by molar-refractivity contribution is 7.84. The quantitative estimate of drug-likeness (QED) is 0.269. The lowest BCUT2D eigenvalue weighted by Crippen LogP contribution is -2.23. The summed E-state index contributed by atoms with van der Waals surface area (Å²) in [6.07, 6.45) is 3.54. The number of hydrogen-bond donors (Lipinski definition) is 2. The molecule has 1 atom stereocenters. The zero-order chi connectivity index (χ0) is 27.7. The van der Waals surface area contributed by atoms with Gasteiger partial charge in [-0.1, -0.05) is 24.3 Å². The number of amides is 1. The van der Waals surface area contributed by atoms with Crippen LogP contribution in [0.15, 0.2) is 77.8 Å². The number of benzene rings is 3. The first-order valence-corrected chi connectivity index (χ1v) is 14.0. The Morgan fingerprint density at radius 1 is 0.949 bits per heavy atom. The summed E-state index contributed by atoms with van der Waals surface area (Å²) in [5, 5.41) is 10.7. The number of nitrogens with one attached hydrogen (secondary N) is 2. The van der Waals surface area contributed by atoms with Crippen LogP contribution in [0.25, 0.3) is 16.8 Å². The zero-order valence-electron chi connectivity index (χ0n) is 22.1. The molecular formula is C30H28FN5O2S. The molecule has 0 aliphatic heterocycles. The number of fused-ring (bicyclic) bond motifs is 1. The van der Waals surface area contributed by atoms with E-state index in [9.17, 15) is 13.4 Å². The largest absolute Gasteiger partial charge is 0.348 e. The summed E-state index contributed by atoms with van der Waals surface area (Å²) in [7, 11) is -1.04. The summed E-state index contributed by atoms with van der Waals surface area (Å²) in [6.45, 7) is 5.64. The van der Waals surface area contributed by atoms with E-state index in [0.717, 1.165) is 32.8 Å². The molecule has 9 heteroatoms. The van der Waals surface area contributed by atoms with Gasteiger partial charge in [0.05, 0.1) is 0 Å². The van der Waals surface area contributed by atoms with Crippen molar-refractivity contribution >= 4 is 34.0 Å². The normalized spacial score (nSPS) is 11.9. The van der Waals surface area contributed by atoms with Crippen LogP contribution in [0, 0.1) is 26.6 Å². The molecular weight excluding hydrogens is 513 g/mol. The fraction of sp³-hybridized carbons (Fsp3) is 0.167. The minimum absolute atomic E-state index is 0.224. The SMILES string of the molecule is Cc1cc(S(C)=O)ccc1Nc1nc2ccc(-c3ccc(C(=O)NCc4ccc(C)c(F)c4C)cc3)cn2n1. The second-order valence-electron chi connectivity index (χ2n) is 9.45. The molecule has 39 heavy (non-hydrogen) atoms. The predicted octanol–water partition coefficient (Wildman–Crippen LogP) is 5.87. The summed E-state index contributed by atoms with van der Waals surface area (Å²) in [5.41, 5.74) is 6.74. The summed E-state index contributed by atoms with van der Waals surface area (Å²) in [5.74, 6) is -0.00732. The standard InChI is InChI=1S/C30H28FN5O2S/c1-18-5-6-23(20(3)28(18)31)16-32-29(37)22-9-7-21(8-10-22)24-11-14-27-34-30(35-36(27)17-24)33-26-13-12-25(39(4)38)15-19(26)2/h5-15,17H,16H2,1-4H3,(H,32,37)(H,33,35). The maximum absolute atomic E-state index is 14.2. The Bertz CT molecular complexity index is 1730. The van der Waals surface area contributed by atoms with E-state index in [0.29, 0.717) is 28.3 Å². The minimum atomic E-state index is -1.04. The van der Waals surface area contributed by atoms with Gasteiger partial charge < -0.3 is 10.6 Å². The number of nitrogens with zero attached hydrogens (tertiary/aromatic N) is 3. The number of pyridine rings is 1. The molecule has 0 saturated heterocycles. The van der Waals surface area contributed by atoms with Crippen molar-refractivity contribution in [2.45, 2.75) is 32.2 Å². The first-order chi connectivity index (χ1) is 18.7. The number of hydrogen-bond acceptors (Lipinski definition) is 5. The number of carbonyl (C=O) groups is 1. The van der Waals surface area contributed by atoms with Crippen LogP contribution in [0.1, 0.15) is 32.6 Å². The van der Waals surface area contributed by atoms with Crippen molar-refractivity contribution in [3.05, 3.63) is 107 Å². The second-order valence-corrected chi connectivity index (χ2v) is 10.8. The molecule has 0 bridgehead atoms. The fourth-order valence-electron chi connectivity index (χ4n) is 4.33. The number of aromatic nitrogens is 3. The Balaban J connectivity index is 1.28. The van der Waals surface area contributed by atoms with Crippen molar-refractivity contribution in [1.29, 1.82) is 0 Å². The first-order valence-electron chi connectivity index (χ1n) is 12.4. The van der Waals surface area contributed by atoms with Gasteiger partial charge >= 0.3 is 0 Å². The molecule has 0 aliphatic carbocycles. The minimum Gasteiger partial charge on any atom is -0.348 e. The van der Waals surface area contributed by atoms with Gasteiger partial charge in [0.2, 0.25) is 5.95 Å². The molecule has 3 aromatic carbocycles. The van der Waals surface area contributed by atoms with Crippen molar-refractivity contribution in [1.82, 2.24) is 19.9 Å². The van der Waals surface area contributed by atoms with Gasteiger partial charge in [0, 0.05) is 51.5 Å². The molecule has 198 valence electrons. The Morgan fingerprint density at radius 2 is 1.69 bits per heavy atom. The van der Waals surface area contributed by atoms with Gasteiger partial charge in [0.15, 0.2) is 5.65 Å². The van der Waals surface area contributed by atoms with Crippen LogP contribution in [0.4, 0.5) is 16.0 Å². The highest BCUT2D eigenvalue weighted by Crippen LogP contribution is 2.24.